The first-order chi connectivity index (χ1) is 15.4. The highest BCUT2D eigenvalue weighted by Gasteiger charge is 2.35. The van der Waals surface area contributed by atoms with Gasteiger partial charge in [-0.05, 0) is 31.9 Å². The third-order valence-corrected chi connectivity index (χ3v) is 8.06. The van der Waals surface area contributed by atoms with Gasteiger partial charge in [-0.25, -0.2) is 9.36 Å². The van der Waals surface area contributed by atoms with E-state index in [9.17, 15) is 14.3 Å². The molecule has 0 fully saturated rings. The van der Waals surface area contributed by atoms with Crippen LogP contribution in [0.1, 0.15) is 124 Å². The van der Waals surface area contributed by atoms with Crippen molar-refractivity contribution in [3.05, 3.63) is 0 Å². The van der Waals surface area contributed by atoms with E-state index in [0.29, 0.717) is 6.42 Å². The number of thioether (sulfide) groups is 1. The number of hydrogen-bond donors (Lipinski definition) is 1. The molecule has 0 saturated carbocycles. The van der Waals surface area contributed by atoms with E-state index >= 15 is 0 Å². The molecular weight excluding hydrogens is 447 g/mol. The predicted molar refractivity (Wildman–Crippen MR) is 135 cm³/mol. The number of unbranched alkanes of at least 4 members (excludes halogenated alkanes) is 11. The van der Waals surface area contributed by atoms with Crippen LogP contribution in [0.2, 0.25) is 0 Å². The van der Waals surface area contributed by atoms with Crippen LogP contribution in [0, 0.1) is 0 Å². The zero-order valence-electron chi connectivity index (χ0n) is 21.0. The van der Waals surface area contributed by atoms with Crippen LogP contribution in [-0.4, -0.2) is 34.3 Å². The molecule has 0 aliphatic rings. The van der Waals surface area contributed by atoms with Crippen molar-refractivity contribution in [2.45, 2.75) is 135 Å². The van der Waals surface area contributed by atoms with Gasteiger partial charge in [0.25, 0.3) is 0 Å². The first-order valence-electron chi connectivity index (χ1n) is 12.9. The molecule has 3 atom stereocenters. The molecule has 3 unspecified atom stereocenters. The van der Waals surface area contributed by atoms with E-state index < -0.39 is 13.3 Å². The van der Waals surface area contributed by atoms with Crippen LogP contribution in [0.3, 0.4) is 0 Å². The van der Waals surface area contributed by atoms with Crippen molar-refractivity contribution >= 4 is 25.1 Å². The Bertz CT molecular complexity index is 491. The summed E-state index contributed by atoms with van der Waals surface area (Å²) in [5, 5.41) is 0.183. The molecule has 8 heteroatoms. The maximum atomic E-state index is 11.8. The first kappa shape index (κ1) is 31.9. The zero-order valence-corrected chi connectivity index (χ0v) is 22.7. The van der Waals surface area contributed by atoms with Crippen LogP contribution in [0.25, 0.3) is 0 Å². The minimum atomic E-state index is -4.45. The molecule has 0 rings (SSSR count). The van der Waals surface area contributed by atoms with Gasteiger partial charge in [0.1, 0.15) is 6.10 Å². The lowest BCUT2D eigenvalue weighted by Crippen LogP contribution is -2.25. The Kier molecular flexibility index (Phi) is 21.4. The largest absolute Gasteiger partial charge is 0.452 e. The summed E-state index contributed by atoms with van der Waals surface area (Å²) in [7, 11) is -4.45. The Morgan fingerprint density at radius 2 is 1.38 bits per heavy atom. The lowest BCUT2D eigenvalue weighted by molar-refractivity contribution is -0.262. The molecule has 0 spiro atoms. The first-order valence-corrected chi connectivity index (χ1v) is 15.5. The molecule has 6 nitrogen and oxygen atoms in total. The van der Waals surface area contributed by atoms with Crippen molar-refractivity contribution in [2.75, 3.05) is 12.4 Å². The van der Waals surface area contributed by atoms with E-state index in [-0.39, 0.29) is 18.0 Å². The molecule has 32 heavy (non-hydrogen) atoms. The summed E-state index contributed by atoms with van der Waals surface area (Å²) in [6.07, 6.45) is 17.7. The third kappa shape index (κ3) is 17.4. The highest BCUT2D eigenvalue weighted by molar-refractivity contribution is 7.99. The molecular formula is C24H49O6PS. The minimum Gasteiger partial charge on any atom is -0.316 e. The fourth-order valence-corrected chi connectivity index (χ4v) is 5.36. The highest BCUT2D eigenvalue weighted by atomic mass is 32.2. The second-order valence-electron chi connectivity index (χ2n) is 8.59. The van der Waals surface area contributed by atoms with Gasteiger partial charge in [0, 0.05) is 5.25 Å². The van der Waals surface area contributed by atoms with Crippen molar-refractivity contribution < 1.29 is 28.6 Å². The molecule has 0 aromatic heterocycles. The van der Waals surface area contributed by atoms with Crippen molar-refractivity contribution in [1.82, 2.24) is 0 Å². The molecule has 0 saturated heterocycles. The minimum absolute atomic E-state index is 0.0206. The lowest BCUT2D eigenvalue weighted by Gasteiger charge is -2.22. The SMILES string of the molecule is CCCCCCCCCCCCSC(CCCCC)C(C)OOC(=O)P(=O)(O)OCCC. The van der Waals surface area contributed by atoms with Crippen molar-refractivity contribution in [2.24, 2.45) is 0 Å². The van der Waals surface area contributed by atoms with Gasteiger partial charge in [-0.15, -0.1) is 0 Å². The average Bonchev–Trinajstić information content (AvgIpc) is 2.78. The van der Waals surface area contributed by atoms with E-state index in [1.54, 1.807) is 6.92 Å². The van der Waals surface area contributed by atoms with E-state index in [1.165, 1.54) is 64.2 Å². The summed E-state index contributed by atoms with van der Waals surface area (Å²) in [6.45, 7) is 8.08. The van der Waals surface area contributed by atoms with Gasteiger partial charge in [-0.2, -0.15) is 16.6 Å². The van der Waals surface area contributed by atoms with E-state index in [2.05, 4.69) is 18.7 Å². The van der Waals surface area contributed by atoms with Crippen molar-refractivity contribution in [3.8, 4) is 0 Å². The molecule has 192 valence electrons. The summed E-state index contributed by atoms with van der Waals surface area (Å²) in [5.74, 6) is 1.05. The Labute approximate surface area is 201 Å². The van der Waals surface area contributed by atoms with Crippen LogP contribution in [0.4, 0.5) is 4.79 Å². The number of carbonyl (C=O) groups is 1. The standard InChI is InChI=1S/C24H49O6PS/c1-5-8-10-11-12-13-14-15-16-18-21-32-23(19-17-9-6-2)22(4)29-30-24(25)31(26,27)28-20-7-3/h22-23H,5-21H2,1-4H3,(H,26,27). The van der Waals surface area contributed by atoms with Crippen LogP contribution < -0.4 is 0 Å². The van der Waals surface area contributed by atoms with Gasteiger partial charge < -0.3 is 9.42 Å². The Morgan fingerprint density at radius 3 is 1.94 bits per heavy atom. The predicted octanol–water partition coefficient (Wildman–Crippen LogP) is 8.66. The lowest BCUT2D eigenvalue weighted by atomic mass is 10.1. The van der Waals surface area contributed by atoms with Gasteiger partial charge in [0.15, 0.2) is 0 Å². The molecule has 0 aromatic rings. The van der Waals surface area contributed by atoms with Crippen molar-refractivity contribution in [3.63, 3.8) is 0 Å². The summed E-state index contributed by atoms with van der Waals surface area (Å²) >= 11 is 1.85. The van der Waals surface area contributed by atoms with Crippen LogP contribution in [-0.2, 0) is 18.9 Å². The normalized spacial score (nSPS) is 15.3. The van der Waals surface area contributed by atoms with Crippen molar-refractivity contribution in [1.29, 1.82) is 0 Å². The summed E-state index contributed by atoms with van der Waals surface area (Å²) in [6, 6.07) is 0. The number of carbonyl (C=O) groups excluding carboxylic acids is 1. The van der Waals surface area contributed by atoms with Gasteiger partial charge in [0.2, 0.25) is 0 Å². The van der Waals surface area contributed by atoms with E-state index in [1.807, 2.05) is 18.7 Å². The van der Waals surface area contributed by atoms with Gasteiger partial charge >= 0.3 is 13.3 Å². The quantitative estimate of drug-likeness (QED) is 0.0655. The number of rotatable bonds is 23. The Balaban J connectivity index is 4.19. The second kappa shape index (κ2) is 21.5. The molecule has 0 heterocycles. The van der Waals surface area contributed by atoms with E-state index in [4.69, 9.17) is 9.41 Å². The smallest absolute Gasteiger partial charge is 0.316 e. The maximum absolute atomic E-state index is 11.8. The summed E-state index contributed by atoms with van der Waals surface area (Å²) in [4.78, 5) is 31.4. The van der Waals surface area contributed by atoms with Crippen LogP contribution in [0.15, 0.2) is 0 Å². The average molecular weight is 497 g/mol. The molecule has 0 radical (unpaired) electrons. The highest BCUT2D eigenvalue weighted by Crippen LogP contribution is 2.44. The second-order valence-corrected chi connectivity index (χ2v) is 11.6. The van der Waals surface area contributed by atoms with Crippen LogP contribution >= 0.6 is 19.4 Å². The molecule has 0 aliphatic carbocycles. The summed E-state index contributed by atoms with van der Waals surface area (Å²) in [5.41, 5.74) is -1.34. The fourth-order valence-electron chi connectivity index (χ4n) is 3.37. The van der Waals surface area contributed by atoms with E-state index in [0.717, 1.165) is 31.4 Å². The Hall–Kier alpha value is -0.0700. The molecule has 1 N–H and O–H groups in total. The molecule has 0 bridgehead atoms. The maximum Gasteiger partial charge on any atom is 0.452 e. The van der Waals surface area contributed by atoms with Crippen LogP contribution in [0.5, 0.6) is 0 Å². The van der Waals surface area contributed by atoms with Gasteiger partial charge in [0.05, 0.1) is 6.61 Å². The van der Waals surface area contributed by atoms with Gasteiger partial charge in [-0.1, -0.05) is 97.8 Å². The molecule has 0 amide bonds. The summed E-state index contributed by atoms with van der Waals surface area (Å²) < 4.78 is 16.5. The zero-order chi connectivity index (χ0) is 24.1. The number of hydrogen-bond acceptors (Lipinski definition) is 6. The molecule has 0 aromatic carbocycles. The van der Waals surface area contributed by atoms with Gasteiger partial charge in [-0.3, -0.25) is 4.89 Å². The Morgan fingerprint density at radius 1 is 0.844 bits per heavy atom. The monoisotopic (exact) mass is 496 g/mol. The topological polar surface area (TPSA) is 82.1 Å². The molecule has 0 aliphatic heterocycles. The third-order valence-electron chi connectivity index (χ3n) is 5.42. The fraction of sp³-hybridized carbons (Fsp3) is 0.958.